The molecule has 2 unspecified atom stereocenters. The maximum absolute atomic E-state index is 9.96. The lowest BCUT2D eigenvalue weighted by Gasteiger charge is -2.21. The molecule has 3 heterocycles. The number of nitrogens with zero attached hydrogens (tertiary/aromatic N) is 4. The SMILES string of the molecule is N#C[C@]1(CO)OC(n2ccc3c(N)ncnc32)CC1O. The van der Waals surface area contributed by atoms with Crippen molar-refractivity contribution in [3.63, 3.8) is 0 Å². The van der Waals surface area contributed by atoms with Gasteiger partial charge in [-0.25, -0.2) is 9.97 Å². The lowest BCUT2D eigenvalue weighted by Crippen LogP contribution is -2.41. The second kappa shape index (κ2) is 4.42. The Bertz CT molecular complexity index is 694. The molecule has 0 amide bonds. The molecule has 1 saturated heterocycles. The van der Waals surface area contributed by atoms with Crippen molar-refractivity contribution < 1.29 is 14.9 Å². The van der Waals surface area contributed by atoms with Crippen LogP contribution in [0.1, 0.15) is 12.6 Å². The van der Waals surface area contributed by atoms with E-state index < -0.39 is 24.5 Å². The van der Waals surface area contributed by atoms with Gasteiger partial charge in [0.25, 0.3) is 0 Å². The van der Waals surface area contributed by atoms with Crippen LogP contribution < -0.4 is 5.73 Å². The molecule has 4 N–H and O–H groups in total. The van der Waals surface area contributed by atoms with Crippen LogP contribution in [0.3, 0.4) is 0 Å². The number of aromatic nitrogens is 3. The van der Waals surface area contributed by atoms with Crippen molar-refractivity contribution in [1.29, 1.82) is 5.26 Å². The van der Waals surface area contributed by atoms with Crippen LogP contribution in [-0.2, 0) is 4.74 Å². The van der Waals surface area contributed by atoms with Crippen LogP contribution in [0.25, 0.3) is 11.0 Å². The molecule has 0 bridgehead atoms. The first-order chi connectivity index (χ1) is 9.61. The van der Waals surface area contributed by atoms with Gasteiger partial charge in [0.15, 0.2) is 0 Å². The predicted molar refractivity (Wildman–Crippen MR) is 68.1 cm³/mol. The lowest BCUT2D eigenvalue weighted by atomic mass is 10.00. The summed E-state index contributed by atoms with van der Waals surface area (Å²) < 4.78 is 7.22. The summed E-state index contributed by atoms with van der Waals surface area (Å²) >= 11 is 0. The normalized spacial score (nSPS) is 29.6. The highest BCUT2D eigenvalue weighted by Gasteiger charge is 2.49. The number of hydrogen-bond acceptors (Lipinski definition) is 7. The fourth-order valence-corrected chi connectivity index (χ4v) is 2.42. The van der Waals surface area contributed by atoms with E-state index >= 15 is 0 Å². The minimum atomic E-state index is -1.60. The Morgan fingerprint density at radius 2 is 2.40 bits per heavy atom. The number of nitriles is 1. The Balaban J connectivity index is 2.02. The van der Waals surface area contributed by atoms with Gasteiger partial charge in [0.05, 0.1) is 12.0 Å². The zero-order valence-electron chi connectivity index (χ0n) is 10.5. The van der Waals surface area contributed by atoms with Gasteiger partial charge in [0, 0.05) is 12.6 Å². The summed E-state index contributed by atoms with van der Waals surface area (Å²) in [5.74, 6) is 0.348. The molecule has 8 nitrogen and oxygen atoms in total. The second-order valence-electron chi connectivity index (χ2n) is 4.70. The van der Waals surface area contributed by atoms with Crippen LogP contribution in [-0.4, -0.2) is 43.1 Å². The van der Waals surface area contributed by atoms with E-state index in [2.05, 4.69) is 9.97 Å². The minimum Gasteiger partial charge on any atom is -0.392 e. The van der Waals surface area contributed by atoms with Crippen molar-refractivity contribution in [2.75, 3.05) is 12.3 Å². The van der Waals surface area contributed by atoms with Gasteiger partial charge in [0.1, 0.15) is 36.2 Å². The van der Waals surface area contributed by atoms with Gasteiger partial charge in [-0.2, -0.15) is 5.26 Å². The van der Waals surface area contributed by atoms with Crippen molar-refractivity contribution in [3.05, 3.63) is 18.6 Å². The summed E-state index contributed by atoms with van der Waals surface area (Å²) in [4.78, 5) is 8.03. The summed E-state index contributed by atoms with van der Waals surface area (Å²) in [6.07, 6.45) is 1.56. The Morgan fingerprint density at radius 1 is 1.60 bits per heavy atom. The molecule has 2 aromatic heterocycles. The number of nitrogen functional groups attached to an aromatic ring is 1. The number of hydrogen-bond donors (Lipinski definition) is 3. The van der Waals surface area contributed by atoms with Gasteiger partial charge in [0.2, 0.25) is 5.60 Å². The number of fused-ring (bicyclic) bond motifs is 1. The molecule has 8 heteroatoms. The van der Waals surface area contributed by atoms with Gasteiger partial charge in [-0.15, -0.1) is 0 Å². The predicted octanol–water partition coefficient (Wildman–Crippen LogP) is -0.452. The van der Waals surface area contributed by atoms with Crippen LogP contribution in [0.2, 0.25) is 0 Å². The molecule has 0 radical (unpaired) electrons. The highest BCUT2D eigenvalue weighted by Crippen LogP contribution is 2.38. The van der Waals surface area contributed by atoms with Crippen LogP contribution in [0.5, 0.6) is 0 Å². The molecular formula is C12H13N5O3. The molecule has 0 saturated carbocycles. The van der Waals surface area contributed by atoms with Gasteiger partial charge < -0.3 is 25.3 Å². The summed E-state index contributed by atoms with van der Waals surface area (Å²) in [5, 5.41) is 29.0. The van der Waals surface area contributed by atoms with Crippen LogP contribution >= 0.6 is 0 Å². The summed E-state index contributed by atoms with van der Waals surface area (Å²) in [6, 6.07) is 3.58. The topological polar surface area (TPSA) is 130 Å². The van der Waals surface area contributed by atoms with Crippen molar-refractivity contribution in [2.45, 2.75) is 24.4 Å². The lowest BCUT2D eigenvalue weighted by molar-refractivity contribution is -0.0903. The van der Waals surface area contributed by atoms with Gasteiger partial charge in [-0.1, -0.05) is 0 Å². The number of aliphatic hydroxyl groups excluding tert-OH is 2. The van der Waals surface area contributed by atoms with Crippen LogP contribution in [0.15, 0.2) is 18.6 Å². The molecular weight excluding hydrogens is 262 g/mol. The van der Waals surface area contributed by atoms with Gasteiger partial charge in [-0.3, -0.25) is 0 Å². The fraction of sp³-hybridized carbons (Fsp3) is 0.417. The number of nitrogens with two attached hydrogens (primary N) is 1. The van der Waals surface area contributed by atoms with E-state index in [9.17, 15) is 10.2 Å². The monoisotopic (exact) mass is 275 g/mol. The number of aliphatic hydroxyl groups is 2. The third kappa shape index (κ3) is 1.65. The van der Waals surface area contributed by atoms with E-state index in [1.54, 1.807) is 16.8 Å². The van der Waals surface area contributed by atoms with E-state index in [0.29, 0.717) is 16.9 Å². The van der Waals surface area contributed by atoms with E-state index in [1.807, 2.05) is 6.07 Å². The first kappa shape index (κ1) is 12.8. The molecule has 20 heavy (non-hydrogen) atoms. The molecule has 0 aromatic carbocycles. The first-order valence-electron chi connectivity index (χ1n) is 6.06. The number of anilines is 1. The number of rotatable bonds is 2. The van der Waals surface area contributed by atoms with E-state index in [1.165, 1.54) is 6.33 Å². The molecule has 0 aliphatic carbocycles. The zero-order valence-corrected chi connectivity index (χ0v) is 10.5. The maximum atomic E-state index is 9.96. The molecule has 3 atom stereocenters. The molecule has 0 spiro atoms. The Labute approximate surface area is 114 Å². The average molecular weight is 275 g/mol. The molecule has 3 rings (SSSR count). The molecule has 104 valence electrons. The van der Waals surface area contributed by atoms with Crippen molar-refractivity contribution in [3.8, 4) is 6.07 Å². The third-order valence-electron chi connectivity index (χ3n) is 3.58. The van der Waals surface area contributed by atoms with Crippen LogP contribution in [0, 0.1) is 11.3 Å². The highest BCUT2D eigenvalue weighted by atomic mass is 16.6. The van der Waals surface area contributed by atoms with Gasteiger partial charge in [-0.05, 0) is 6.07 Å². The summed E-state index contributed by atoms with van der Waals surface area (Å²) in [5.41, 5.74) is 4.71. The Hall–Kier alpha value is -2.21. The molecule has 2 aromatic rings. The Morgan fingerprint density at radius 3 is 3.05 bits per heavy atom. The average Bonchev–Trinajstić information content (AvgIpc) is 3.01. The van der Waals surface area contributed by atoms with E-state index in [0.717, 1.165) is 0 Å². The summed E-state index contributed by atoms with van der Waals surface area (Å²) in [7, 11) is 0. The van der Waals surface area contributed by atoms with Crippen molar-refractivity contribution in [2.24, 2.45) is 0 Å². The third-order valence-corrected chi connectivity index (χ3v) is 3.58. The summed E-state index contributed by atoms with van der Waals surface area (Å²) in [6.45, 7) is -0.572. The quantitative estimate of drug-likeness (QED) is 0.676. The first-order valence-corrected chi connectivity index (χ1v) is 6.06. The standard InChI is InChI=1S/C12H13N5O3/c13-4-12(5-18)8(19)3-9(20-12)17-2-1-7-10(14)15-6-16-11(7)17/h1-2,6,8-9,18-19H,3,5H2,(H2,14,15,16)/t8?,9?,12-/m1/s1. The molecule has 1 aliphatic rings. The zero-order chi connectivity index (χ0) is 14.3. The van der Waals surface area contributed by atoms with Crippen molar-refractivity contribution in [1.82, 2.24) is 14.5 Å². The fourth-order valence-electron chi connectivity index (χ4n) is 2.42. The largest absolute Gasteiger partial charge is 0.392 e. The highest BCUT2D eigenvalue weighted by molar-refractivity contribution is 5.86. The van der Waals surface area contributed by atoms with E-state index in [-0.39, 0.29) is 6.42 Å². The minimum absolute atomic E-state index is 0.182. The van der Waals surface area contributed by atoms with Crippen LogP contribution in [0.4, 0.5) is 5.82 Å². The maximum Gasteiger partial charge on any atom is 0.205 e. The molecule has 1 fully saturated rings. The Kier molecular flexibility index (Phi) is 2.83. The van der Waals surface area contributed by atoms with E-state index in [4.69, 9.17) is 15.7 Å². The van der Waals surface area contributed by atoms with Gasteiger partial charge >= 0.3 is 0 Å². The van der Waals surface area contributed by atoms with Crippen molar-refractivity contribution >= 4 is 16.9 Å². The smallest absolute Gasteiger partial charge is 0.205 e. The molecule has 1 aliphatic heterocycles. The second-order valence-corrected chi connectivity index (χ2v) is 4.70. The number of ether oxygens (including phenoxy) is 1.